The number of hydrogen-bond donors (Lipinski definition) is 2. The van der Waals surface area contributed by atoms with Crippen LogP contribution in [0.25, 0.3) is 11.1 Å². The third-order valence-electron chi connectivity index (χ3n) is 5.80. The zero-order chi connectivity index (χ0) is 25.0. The van der Waals surface area contributed by atoms with Gasteiger partial charge in [0.1, 0.15) is 0 Å². The number of nitrogens with zero attached hydrogens (tertiary/aromatic N) is 2. The highest BCUT2D eigenvalue weighted by Gasteiger charge is 2.25. The Labute approximate surface area is 199 Å². The first kappa shape index (κ1) is 25.0. The van der Waals surface area contributed by atoms with Crippen molar-refractivity contribution in [3.63, 3.8) is 0 Å². The summed E-state index contributed by atoms with van der Waals surface area (Å²) in [6, 6.07) is 14.2. The van der Waals surface area contributed by atoms with E-state index in [0.717, 1.165) is 17.5 Å². The molecule has 3 aromatic rings. The van der Waals surface area contributed by atoms with Crippen molar-refractivity contribution >= 4 is 11.9 Å². The minimum absolute atomic E-state index is 0.0753. The lowest BCUT2D eigenvalue weighted by molar-refractivity contribution is 0.0676. The number of aromatic nitrogens is 2. The van der Waals surface area contributed by atoms with E-state index in [4.69, 9.17) is 0 Å². The molecule has 0 saturated carbocycles. The molecule has 0 fully saturated rings. The van der Waals surface area contributed by atoms with E-state index in [-0.39, 0.29) is 29.4 Å². The van der Waals surface area contributed by atoms with E-state index in [0.29, 0.717) is 30.1 Å². The van der Waals surface area contributed by atoms with E-state index >= 15 is 0 Å². The van der Waals surface area contributed by atoms with E-state index in [2.05, 4.69) is 13.8 Å². The molecule has 2 aromatic carbocycles. The van der Waals surface area contributed by atoms with Gasteiger partial charge in [-0.3, -0.25) is 9.13 Å². The fourth-order valence-corrected chi connectivity index (χ4v) is 4.15. The minimum Gasteiger partial charge on any atom is -0.478 e. The summed E-state index contributed by atoms with van der Waals surface area (Å²) in [7, 11) is 0. The van der Waals surface area contributed by atoms with Crippen LogP contribution in [0.15, 0.2) is 53.3 Å². The van der Waals surface area contributed by atoms with Gasteiger partial charge >= 0.3 is 17.6 Å². The average molecular weight is 465 g/mol. The van der Waals surface area contributed by atoms with Crippen LogP contribution in [0.5, 0.6) is 0 Å². The van der Waals surface area contributed by atoms with Crippen LogP contribution in [-0.4, -0.2) is 31.3 Å². The molecule has 0 radical (unpaired) electrons. The minimum atomic E-state index is -1.09. The Bertz CT molecular complexity index is 1230. The van der Waals surface area contributed by atoms with E-state index in [9.17, 15) is 24.6 Å². The van der Waals surface area contributed by atoms with Gasteiger partial charge in [0, 0.05) is 6.54 Å². The standard InChI is InChI=1S/C27H32N2O5/c1-17(2)9-14-23-24(26(32)33)29(15-18(3)4)27(34)28(23)16-19-10-12-20(13-11-19)21-7-5-6-8-22(21)25(30)31/h5-8,10-13,17-18H,9,14-16H2,1-4H3,(H,30,31)(H,32,33). The highest BCUT2D eigenvalue weighted by molar-refractivity contribution is 5.96. The molecule has 0 aliphatic rings. The summed E-state index contributed by atoms with van der Waals surface area (Å²) < 4.78 is 2.97. The Balaban J connectivity index is 2.02. The molecule has 0 saturated heterocycles. The SMILES string of the molecule is CC(C)CCc1c(C(=O)O)n(CC(C)C)c(=O)n1Cc1ccc(-c2ccccc2C(=O)O)cc1. The fourth-order valence-electron chi connectivity index (χ4n) is 4.15. The van der Waals surface area contributed by atoms with Crippen molar-refractivity contribution < 1.29 is 19.8 Å². The lowest BCUT2D eigenvalue weighted by Gasteiger charge is -2.11. The van der Waals surface area contributed by atoms with Crippen LogP contribution in [0.4, 0.5) is 0 Å². The second kappa shape index (κ2) is 10.5. The smallest absolute Gasteiger partial charge is 0.354 e. The second-order valence-corrected chi connectivity index (χ2v) is 9.45. The van der Waals surface area contributed by atoms with Gasteiger partial charge in [0.05, 0.1) is 17.8 Å². The highest BCUT2D eigenvalue weighted by atomic mass is 16.4. The molecule has 7 nitrogen and oxygen atoms in total. The summed E-state index contributed by atoms with van der Waals surface area (Å²) in [6.07, 6.45) is 1.28. The van der Waals surface area contributed by atoms with Crippen molar-refractivity contribution in [1.82, 2.24) is 9.13 Å². The Morgan fingerprint density at radius 1 is 0.853 bits per heavy atom. The van der Waals surface area contributed by atoms with Crippen LogP contribution in [0.2, 0.25) is 0 Å². The van der Waals surface area contributed by atoms with Gasteiger partial charge in [0.2, 0.25) is 0 Å². The molecule has 0 spiro atoms. The number of rotatable bonds is 10. The van der Waals surface area contributed by atoms with Crippen molar-refractivity contribution in [1.29, 1.82) is 0 Å². The molecular weight excluding hydrogens is 432 g/mol. The number of carboxylic acid groups (broad SMARTS) is 2. The third kappa shape index (κ3) is 5.47. The molecule has 0 atom stereocenters. The van der Waals surface area contributed by atoms with Crippen LogP contribution >= 0.6 is 0 Å². The number of carboxylic acids is 2. The second-order valence-electron chi connectivity index (χ2n) is 9.45. The van der Waals surface area contributed by atoms with E-state index in [1.165, 1.54) is 4.57 Å². The third-order valence-corrected chi connectivity index (χ3v) is 5.80. The maximum atomic E-state index is 13.3. The van der Waals surface area contributed by atoms with E-state index in [1.807, 2.05) is 38.1 Å². The van der Waals surface area contributed by atoms with Gasteiger partial charge in [-0.2, -0.15) is 0 Å². The van der Waals surface area contributed by atoms with E-state index < -0.39 is 11.9 Å². The normalized spacial score (nSPS) is 11.4. The van der Waals surface area contributed by atoms with Gasteiger partial charge in [-0.05, 0) is 47.4 Å². The lowest BCUT2D eigenvalue weighted by atomic mass is 9.98. The highest BCUT2D eigenvalue weighted by Crippen LogP contribution is 2.25. The molecule has 3 rings (SSSR count). The molecule has 0 aliphatic heterocycles. The first-order valence-electron chi connectivity index (χ1n) is 11.6. The number of hydrogen-bond acceptors (Lipinski definition) is 3. The first-order valence-corrected chi connectivity index (χ1v) is 11.6. The zero-order valence-corrected chi connectivity index (χ0v) is 20.1. The topological polar surface area (TPSA) is 102 Å². The average Bonchev–Trinajstić information content (AvgIpc) is 3.03. The number of carbonyl (C=O) groups is 2. The molecular formula is C27H32N2O5. The summed E-state index contributed by atoms with van der Waals surface area (Å²) in [5.74, 6) is -1.59. The molecule has 2 N–H and O–H groups in total. The predicted octanol–water partition coefficient (Wildman–Crippen LogP) is 5.01. The molecule has 34 heavy (non-hydrogen) atoms. The lowest BCUT2D eigenvalue weighted by Crippen LogP contribution is -2.28. The van der Waals surface area contributed by atoms with E-state index in [1.54, 1.807) is 28.8 Å². The molecule has 0 aliphatic carbocycles. The quantitative estimate of drug-likeness (QED) is 0.439. The van der Waals surface area contributed by atoms with Crippen molar-refractivity contribution in [3.8, 4) is 11.1 Å². The predicted molar refractivity (Wildman–Crippen MR) is 132 cm³/mol. The number of aromatic carboxylic acids is 2. The Morgan fingerprint density at radius 3 is 2.06 bits per heavy atom. The Morgan fingerprint density at radius 2 is 1.50 bits per heavy atom. The molecule has 1 heterocycles. The van der Waals surface area contributed by atoms with Crippen molar-refractivity contribution in [2.75, 3.05) is 0 Å². The van der Waals surface area contributed by atoms with Crippen LogP contribution in [-0.2, 0) is 19.5 Å². The van der Waals surface area contributed by atoms with Gasteiger partial charge in [-0.15, -0.1) is 0 Å². The molecule has 0 unspecified atom stereocenters. The van der Waals surface area contributed by atoms with Gasteiger partial charge in [0.25, 0.3) is 0 Å². The van der Waals surface area contributed by atoms with Gasteiger partial charge < -0.3 is 10.2 Å². The van der Waals surface area contributed by atoms with Gasteiger partial charge in [-0.25, -0.2) is 14.4 Å². The molecule has 0 amide bonds. The zero-order valence-electron chi connectivity index (χ0n) is 20.1. The van der Waals surface area contributed by atoms with Gasteiger partial charge in [-0.1, -0.05) is 70.2 Å². The maximum absolute atomic E-state index is 13.3. The number of imidazole rings is 1. The largest absolute Gasteiger partial charge is 0.478 e. The van der Waals surface area contributed by atoms with Crippen LogP contribution in [0.1, 0.15) is 66.2 Å². The van der Waals surface area contributed by atoms with Crippen molar-refractivity contribution in [3.05, 3.63) is 81.5 Å². The molecule has 7 heteroatoms. The summed E-state index contributed by atoms with van der Waals surface area (Å²) >= 11 is 0. The molecule has 180 valence electrons. The van der Waals surface area contributed by atoms with Crippen molar-refractivity contribution in [2.24, 2.45) is 11.8 Å². The number of benzene rings is 2. The summed E-state index contributed by atoms with van der Waals surface area (Å²) in [6.45, 7) is 8.64. The summed E-state index contributed by atoms with van der Waals surface area (Å²) in [5.41, 5.74) is 2.75. The fraction of sp³-hybridized carbons (Fsp3) is 0.370. The monoisotopic (exact) mass is 464 g/mol. The maximum Gasteiger partial charge on any atom is 0.354 e. The first-order chi connectivity index (χ1) is 16.1. The molecule has 1 aromatic heterocycles. The van der Waals surface area contributed by atoms with Crippen molar-refractivity contribution in [2.45, 2.75) is 53.6 Å². The Hall–Kier alpha value is -3.61. The Kier molecular flexibility index (Phi) is 7.76. The van der Waals surface area contributed by atoms with Gasteiger partial charge in [0.15, 0.2) is 5.69 Å². The van der Waals surface area contributed by atoms with Crippen LogP contribution in [0.3, 0.4) is 0 Å². The summed E-state index contributed by atoms with van der Waals surface area (Å²) in [5, 5.41) is 19.4. The summed E-state index contributed by atoms with van der Waals surface area (Å²) in [4.78, 5) is 37.0. The van der Waals surface area contributed by atoms with Crippen LogP contribution < -0.4 is 5.69 Å². The molecule has 0 bridgehead atoms. The van der Waals surface area contributed by atoms with Crippen LogP contribution in [0, 0.1) is 11.8 Å².